The molecule has 0 spiro atoms. The Labute approximate surface area is 180 Å². The maximum atomic E-state index is 13.4. The zero-order valence-electron chi connectivity index (χ0n) is 16.5. The van der Waals surface area contributed by atoms with Crippen LogP contribution in [0.2, 0.25) is 0 Å². The summed E-state index contributed by atoms with van der Waals surface area (Å²) in [6.07, 6.45) is 0.118. The molecule has 0 aliphatic rings. The first-order valence-electron chi connectivity index (χ1n) is 9.15. The number of ether oxygens (including phenoxy) is 1. The molecule has 0 aliphatic heterocycles. The Morgan fingerprint density at radius 1 is 1.06 bits per heavy atom. The van der Waals surface area contributed by atoms with Crippen LogP contribution in [0.1, 0.15) is 27.8 Å². The maximum absolute atomic E-state index is 13.4. The van der Waals surface area contributed by atoms with Crippen molar-refractivity contribution >= 4 is 34.8 Å². The van der Waals surface area contributed by atoms with Crippen LogP contribution < -0.4 is 10.6 Å². The average molecular weight is 441 g/mol. The van der Waals surface area contributed by atoms with E-state index in [9.17, 15) is 28.9 Å². The number of nitrogens with zero attached hydrogens (tertiary/aromatic N) is 1. The molecule has 164 valence electrons. The molecule has 0 radical (unpaired) electrons. The summed E-state index contributed by atoms with van der Waals surface area (Å²) in [5.74, 6) is -2.95. The lowest BCUT2D eigenvalue weighted by molar-refractivity contribution is -0.387. The number of benzene rings is 2. The fourth-order valence-corrected chi connectivity index (χ4v) is 2.55. The van der Waals surface area contributed by atoms with E-state index in [1.807, 2.05) is 0 Å². The van der Waals surface area contributed by atoms with Gasteiger partial charge in [-0.25, -0.2) is 4.79 Å². The quantitative estimate of drug-likeness (QED) is 0.323. The highest BCUT2D eigenvalue weighted by Gasteiger charge is 2.21. The van der Waals surface area contributed by atoms with E-state index in [0.717, 1.165) is 18.2 Å². The molecule has 0 bridgehead atoms. The van der Waals surface area contributed by atoms with Crippen LogP contribution in [0.4, 0.5) is 21.5 Å². The number of esters is 1. The van der Waals surface area contributed by atoms with Crippen LogP contribution in [0.3, 0.4) is 0 Å². The standard InChI is InChI=1S/C21H16FN3O7/c1-12(19(26)24-15-8-9-16(22)17(11-15)25(29)30)32-21(28)13-4-6-14(7-5-13)23-20(27)18-3-2-10-31-18/h2-12H,1H3,(H,23,27)(H,24,26). The number of hydrogen-bond donors (Lipinski definition) is 2. The van der Waals surface area contributed by atoms with Gasteiger partial charge in [0.25, 0.3) is 11.8 Å². The predicted octanol–water partition coefficient (Wildman–Crippen LogP) is 3.76. The van der Waals surface area contributed by atoms with Crippen molar-refractivity contribution in [3.05, 3.63) is 88.1 Å². The van der Waals surface area contributed by atoms with Crippen LogP contribution in [0.5, 0.6) is 0 Å². The number of halogens is 1. The molecule has 2 aromatic carbocycles. The van der Waals surface area contributed by atoms with E-state index in [4.69, 9.17) is 9.15 Å². The zero-order valence-corrected chi connectivity index (χ0v) is 16.5. The molecule has 1 aromatic heterocycles. The number of anilines is 2. The minimum Gasteiger partial charge on any atom is -0.459 e. The van der Waals surface area contributed by atoms with Crippen LogP contribution in [0, 0.1) is 15.9 Å². The Hall–Kier alpha value is -4.54. The third kappa shape index (κ3) is 5.33. The van der Waals surface area contributed by atoms with Crippen molar-refractivity contribution in [3.8, 4) is 0 Å². The van der Waals surface area contributed by atoms with Crippen molar-refractivity contribution in [1.29, 1.82) is 0 Å². The molecule has 10 nitrogen and oxygen atoms in total. The van der Waals surface area contributed by atoms with Crippen molar-refractivity contribution < 1.29 is 32.9 Å². The number of carbonyl (C=O) groups is 3. The molecule has 0 saturated heterocycles. The number of nitro benzene ring substituents is 1. The highest BCUT2D eigenvalue weighted by atomic mass is 19.1. The van der Waals surface area contributed by atoms with Crippen LogP contribution in [-0.2, 0) is 9.53 Å². The van der Waals surface area contributed by atoms with E-state index in [1.165, 1.54) is 43.5 Å². The van der Waals surface area contributed by atoms with Crippen molar-refractivity contribution in [2.45, 2.75) is 13.0 Å². The van der Waals surface area contributed by atoms with Crippen LogP contribution in [-0.4, -0.2) is 28.8 Å². The number of hydrogen-bond acceptors (Lipinski definition) is 7. The summed E-state index contributed by atoms with van der Waals surface area (Å²) in [7, 11) is 0. The zero-order chi connectivity index (χ0) is 23.3. The SMILES string of the molecule is CC(OC(=O)c1ccc(NC(=O)c2ccco2)cc1)C(=O)Nc1ccc(F)c([N+](=O)[O-])c1. The van der Waals surface area contributed by atoms with Crippen molar-refractivity contribution in [1.82, 2.24) is 0 Å². The Morgan fingerprint density at radius 3 is 2.38 bits per heavy atom. The fourth-order valence-electron chi connectivity index (χ4n) is 2.55. The molecule has 11 heteroatoms. The van der Waals surface area contributed by atoms with Gasteiger partial charge >= 0.3 is 11.7 Å². The molecule has 0 saturated carbocycles. The number of amides is 2. The van der Waals surface area contributed by atoms with E-state index in [2.05, 4.69) is 10.6 Å². The second-order valence-electron chi connectivity index (χ2n) is 6.47. The lowest BCUT2D eigenvalue weighted by Crippen LogP contribution is -2.30. The normalized spacial score (nSPS) is 11.3. The third-order valence-electron chi connectivity index (χ3n) is 4.19. The number of rotatable bonds is 7. The second kappa shape index (κ2) is 9.51. The van der Waals surface area contributed by atoms with E-state index in [-0.39, 0.29) is 17.0 Å². The van der Waals surface area contributed by atoms with Crippen LogP contribution >= 0.6 is 0 Å². The van der Waals surface area contributed by atoms with Gasteiger partial charge in [0.2, 0.25) is 5.82 Å². The largest absolute Gasteiger partial charge is 0.459 e. The van der Waals surface area contributed by atoms with Crippen molar-refractivity contribution in [2.75, 3.05) is 10.6 Å². The molecule has 0 aliphatic carbocycles. The topological polar surface area (TPSA) is 141 Å². The van der Waals surface area contributed by atoms with Gasteiger partial charge in [0.15, 0.2) is 11.9 Å². The fraction of sp³-hybridized carbons (Fsp3) is 0.0952. The number of furan rings is 1. The number of nitro groups is 1. The average Bonchev–Trinajstić information content (AvgIpc) is 3.30. The summed E-state index contributed by atoms with van der Waals surface area (Å²) in [6.45, 7) is 1.31. The van der Waals surface area contributed by atoms with Crippen molar-refractivity contribution in [2.24, 2.45) is 0 Å². The van der Waals surface area contributed by atoms with E-state index in [1.54, 1.807) is 6.07 Å². The highest BCUT2D eigenvalue weighted by Crippen LogP contribution is 2.22. The molecule has 2 amide bonds. The maximum Gasteiger partial charge on any atom is 0.338 e. The molecule has 1 atom stereocenters. The van der Waals surface area contributed by atoms with Crippen LogP contribution in [0.25, 0.3) is 0 Å². The van der Waals surface area contributed by atoms with E-state index >= 15 is 0 Å². The van der Waals surface area contributed by atoms with Gasteiger partial charge in [-0.3, -0.25) is 19.7 Å². The van der Waals surface area contributed by atoms with E-state index < -0.39 is 40.3 Å². The molecule has 0 fully saturated rings. The molecule has 3 rings (SSSR count). The van der Waals surface area contributed by atoms with Crippen molar-refractivity contribution in [3.63, 3.8) is 0 Å². The lowest BCUT2D eigenvalue weighted by Gasteiger charge is -2.14. The Balaban J connectivity index is 1.57. The Bertz CT molecular complexity index is 1160. The van der Waals surface area contributed by atoms with Gasteiger partial charge in [-0.1, -0.05) is 0 Å². The molecule has 2 N–H and O–H groups in total. The lowest BCUT2D eigenvalue weighted by atomic mass is 10.2. The monoisotopic (exact) mass is 441 g/mol. The highest BCUT2D eigenvalue weighted by molar-refractivity contribution is 6.02. The number of nitrogens with one attached hydrogen (secondary N) is 2. The molecule has 3 aromatic rings. The Morgan fingerprint density at radius 2 is 1.75 bits per heavy atom. The number of carbonyl (C=O) groups excluding carboxylic acids is 3. The van der Waals surface area contributed by atoms with Gasteiger partial charge in [-0.05, 0) is 55.5 Å². The van der Waals surface area contributed by atoms with Gasteiger partial charge in [0.05, 0.1) is 16.7 Å². The molecular weight excluding hydrogens is 425 g/mol. The Kier molecular flexibility index (Phi) is 6.59. The summed E-state index contributed by atoms with van der Waals surface area (Å²) < 4.78 is 23.5. The first-order valence-corrected chi connectivity index (χ1v) is 9.15. The van der Waals surface area contributed by atoms with Gasteiger partial charge in [-0.2, -0.15) is 4.39 Å². The molecule has 1 heterocycles. The van der Waals surface area contributed by atoms with Gasteiger partial charge in [-0.15, -0.1) is 0 Å². The van der Waals surface area contributed by atoms with Gasteiger partial charge < -0.3 is 19.8 Å². The second-order valence-corrected chi connectivity index (χ2v) is 6.47. The first-order chi connectivity index (χ1) is 15.2. The summed E-state index contributed by atoms with van der Waals surface area (Å²) in [5.41, 5.74) is -0.293. The minimum absolute atomic E-state index is 0.0253. The smallest absolute Gasteiger partial charge is 0.338 e. The summed E-state index contributed by atoms with van der Waals surface area (Å²) in [5, 5.41) is 15.7. The van der Waals surface area contributed by atoms with Crippen LogP contribution in [0.15, 0.2) is 65.3 Å². The van der Waals surface area contributed by atoms with Gasteiger partial charge in [0.1, 0.15) is 0 Å². The van der Waals surface area contributed by atoms with E-state index in [0.29, 0.717) is 5.69 Å². The van der Waals surface area contributed by atoms with Gasteiger partial charge in [0, 0.05) is 17.4 Å². The first kappa shape index (κ1) is 22.2. The summed E-state index contributed by atoms with van der Waals surface area (Å²) in [4.78, 5) is 46.3. The summed E-state index contributed by atoms with van der Waals surface area (Å²) >= 11 is 0. The predicted molar refractivity (Wildman–Crippen MR) is 110 cm³/mol. The minimum atomic E-state index is -1.25. The molecular formula is C21H16FN3O7. The third-order valence-corrected chi connectivity index (χ3v) is 4.19. The molecule has 32 heavy (non-hydrogen) atoms. The summed E-state index contributed by atoms with van der Waals surface area (Å²) in [6, 6.07) is 11.7. The molecule has 1 unspecified atom stereocenters.